The summed E-state index contributed by atoms with van der Waals surface area (Å²) in [6.45, 7) is 6.91. The highest BCUT2D eigenvalue weighted by Crippen LogP contribution is 2.29. The summed E-state index contributed by atoms with van der Waals surface area (Å²) >= 11 is 0. The lowest BCUT2D eigenvalue weighted by Gasteiger charge is -2.16. The van der Waals surface area contributed by atoms with Crippen molar-refractivity contribution in [2.75, 3.05) is 18.0 Å². The largest absolute Gasteiger partial charge is 0.350 e. The minimum absolute atomic E-state index is 0.0282. The first-order chi connectivity index (χ1) is 12.9. The molecule has 1 aliphatic heterocycles. The third kappa shape index (κ3) is 4.19. The summed E-state index contributed by atoms with van der Waals surface area (Å²) in [6, 6.07) is 13.5. The Morgan fingerprint density at radius 1 is 1.11 bits per heavy atom. The molecule has 0 aliphatic carbocycles. The van der Waals surface area contributed by atoms with Gasteiger partial charge in [-0.25, -0.2) is 0 Å². The monoisotopic (exact) mass is 365 g/mol. The van der Waals surface area contributed by atoms with Crippen LogP contribution in [0.15, 0.2) is 42.5 Å². The van der Waals surface area contributed by atoms with E-state index in [1.165, 1.54) is 5.56 Å². The summed E-state index contributed by atoms with van der Waals surface area (Å²) < 4.78 is 0. The first kappa shape index (κ1) is 19.1. The van der Waals surface area contributed by atoms with Crippen LogP contribution in [0.4, 0.5) is 5.69 Å². The van der Waals surface area contributed by atoms with E-state index in [1.54, 1.807) is 17.9 Å². The molecule has 1 heterocycles. The van der Waals surface area contributed by atoms with Gasteiger partial charge in [0.2, 0.25) is 5.91 Å². The molecule has 0 bridgehead atoms. The van der Waals surface area contributed by atoms with E-state index in [1.807, 2.05) is 24.3 Å². The predicted molar refractivity (Wildman–Crippen MR) is 108 cm³/mol. The Hall–Kier alpha value is -2.66. The van der Waals surface area contributed by atoms with Gasteiger partial charge in [-0.1, -0.05) is 38.1 Å². The molecule has 1 atom stereocenters. The lowest BCUT2D eigenvalue weighted by Crippen LogP contribution is -2.32. The van der Waals surface area contributed by atoms with Gasteiger partial charge >= 0.3 is 0 Å². The summed E-state index contributed by atoms with van der Waals surface area (Å²) in [4.78, 5) is 25.9. The van der Waals surface area contributed by atoms with E-state index >= 15 is 0 Å². The van der Waals surface area contributed by atoms with Gasteiger partial charge in [0.15, 0.2) is 0 Å². The molecule has 2 aromatic carbocycles. The molecule has 1 aliphatic rings. The van der Waals surface area contributed by atoms with Crippen LogP contribution in [0.2, 0.25) is 0 Å². The zero-order chi connectivity index (χ0) is 19.6. The number of nitrogens with two attached hydrogens (primary N) is 1. The second-order valence-electron chi connectivity index (χ2n) is 7.40. The third-order valence-corrected chi connectivity index (χ3v) is 5.13. The minimum atomic E-state index is -0.252. The number of nitrogens with one attached hydrogen (secondary N) is 1. The molecule has 0 saturated heterocycles. The van der Waals surface area contributed by atoms with Crippen LogP contribution in [0, 0.1) is 0 Å². The van der Waals surface area contributed by atoms with Gasteiger partial charge in [0, 0.05) is 37.3 Å². The predicted octanol–water partition coefficient (Wildman–Crippen LogP) is 3.15. The molecule has 142 valence electrons. The lowest BCUT2D eigenvalue weighted by atomic mass is 9.99. The van der Waals surface area contributed by atoms with Gasteiger partial charge in [0.25, 0.3) is 5.91 Å². The van der Waals surface area contributed by atoms with Crippen LogP contribution in [-0.2, 0) is 11.2 Å². The summed E-state index contributed by atoms with van der Waals surface area (Å²) in [5.41, 5.74) is 11.0. The molecule has 0 saturated carbocycles. The van der Waals surface area contributed by atoms with Crippen molar-refractivity contribution < 1.29 is 9.59 Å². The molecule has 3 rings (SSSR count). The van der Waals surface area contributed by atoms with Crippen LogP contribution in [0.5, 0.6) is 0 Å². The van der Waals surface area contributed by atoms with Gasteiger partial charge in [0.05, 0.1) is 0 Å². The highest BCUT2D eigenvalue weighted by molar-refractivity contribution is 5.97. The van der Waals surface area contributed by atoms with Gasteiger partial charge < -0.3 is 16.0 Å². The lowest BCUT2D eigenvalue weighted by molar-refractivity contribution is -0.116. The van der Waals surface area contributed by atoms with Crippen LogP contribution in [0.3, 0.4) is 0 Å². The van der Waals surface area contributed by atoms with Crippen molar-refractivity contribution in [1.82, 2.24) is 5.32 Å². The number of hydrogen-bond acceptors (Lipinski definition) is 3. The van der Waals surface area contributed by atoms with Crippen molar-refractivity contribution in [2.45, 2.75) is 39.2 Å². The topological polar surface area (TPSA) is 75.4 Å². The molecule has 5 heteroatoms. The molecule has 0 spiro atoms. The Morgan fingerprint density at radius 3 is 2.41 bits per heavy atom. The van der Waals surface area contributed by atoms with Gasteiger partial charge in [-0.05, 0) is 47.2 Å². The van der Waals surface area contributed by atoms with Crippen LogP contribution >= 0.6 is 0 Å². The van der Waals surface area contributed by atoms with Gasteiger partial charge in [-0.15, -0.1) is 0 Å². The molecule has 2 aromatic rings. The fourth-order valence-corrected chi connectivity index (χ4v) is 3.42. The number of amides is 2. The highest BCUT2D eigenvalue weighted by atomic mass is 16.2. The molecule has 3 N–H and O–H groups in total. The second kappa shape index (κ2) is 7.92. The second-order valence-corrected chi connectivity index (χ2v) is 7.40. The average Bonchev–Trinajstić information content (AvgIpc) is 3.09. The Bertz CT molecular complexity index is 843. The van der Waals surface area contributed by atoms with Crippen molar-refractivity contribution in [3.8, 4) is 0 Å². The number of fused-ring (bicyclic) bond motifs is 1. The van der Waals surface area contributed by atoms with E-state index in [4.69, 9.17) is 5.73 Å². The maximum absolute atomic E-state index is 12.5. The zero-order valence-electron chi connectivity index (χ0n) is 16.2. The maximum Gasteiger partial charge on any atom is 0.251 e. The molecule has 0 radical (unpaired) electrons. The molecule has 5 nitrogen and oxygen atoms in total. The minimum Gasteiger partial charge on any atom is -0.350 e. The Morgan fingerprint density at radius 2 is 1.78 bits per heavy atom. The van der Waals surface area contributed by atoms with E-state index in [-0.39, 0.29) is 17.9 Å². The van der Waals surface area contributed by atoms with Crippen molar-refractivity contribution in [3.63, 3.8) is 0 Å². The molecule has 27 heavy (non-hydrogen) atoms. The molecule has 2 amide bonds. The fraction of sp³-hybridized carbons (Fsp3) is 0.364. The van der Waals surface area contributed by atoms with E-state index < -0.39 is 0 Å². The number of carbonyl (C=O) groups is 2. The van der Waals surface area contributed by atoms with Gasteiger partial charge in [-0.2, -0.15) is 0 Å². The Kier molecular flexibility index (Phi) is 5.61. The number of carbonyl (C=O) groups excluding carboxylic acids is 2. The standard InChI is InChI=1S/C22H27N3O2/c1-14(2)16-4-6-17(7-5-16)20(23)13-24-22(27)19-8-9-21-18(12-19)10-11-25(21)15(3)26/h4-9,12,14,20H,10-11,13,23H2,1-3H3,(H,24,27). The first-order valence-corrected chi connectivity index (χ1v) is 9.41. The Balaban J connectivity index is 1.62. The summed E-state index contributed by atoms with van der Waals surface area (Å²) in [7, 11) is 0. The summed E-state index contributed by atoms with van der Waals surface area (Å²) in [5, 5.41) is 2.92. The molecular weight excluding hydrogens is 338 g/mol. The van der Waals surface area contributed by atoms with Crippen molar-refractivity contribution in [3.05, 3.63) is 64.7 Å². The maximum atomic E-state index is 12.5. The summed E-state index contributed by atoms with van der Waals surface area (Å²) in [5.74, 6) is 0.363. The van der Waals surface area contributed by atoms with Crippen LogP contribution in [0.25, 0.3) is 0 Å². The average molecular weight is 365 g/mol. The molecule has 0 fully saturated rings. The first-order valence-electron chi connectivity index (χ1n) is 9.41. The van der Waals surface area contributed by atoms with E-state index in [9.17, 15) is 9.59 Å². The summed E-state index contributed by atoms with van der Waals surface area (Å²) in [6.07, 6.45) is 0.776. The molecule has 1 unspecified atom stereocenters. The number of anilines is 1. The fourth-order valence-electron chi connectivity index (χ4n) is 3.42. The molecular formula is C22H27N3O2. The van der Waals surface area contributed by atoms with Gasteiger partial charge in [-0.3, -0.25) is 9.59 Å². The SMILES string of the molecule is CC(=O)N1CCc2cc(C(=O)NCC(N)c3ccc(C(C)C)cc3)ccc21. The van der Waals surface area contributed by atoms with E-state index in [0.717, 1.165) is 23.2 Å². The van der Waals surface area contributed by atoms with E-state index in [0.29, 0.717) is 24.6 Å². The van der Waals surface area contributed by atoms with Crippen LogP contribution in [0.1, 0.15) is 59.8 Å². The smallest absolute Gasteiger partial charge is 0.251 e. The van der Waals surface area contributed by atoms with Crippen LogP contribution in [-0.4, -0.2) is 24.9 Å². The zero-order valence-corrected chi connectivity index (χ0v) is 16.2. The van der Waals surface area contributed by atoms with Crippen LogP contribution < -0.4 is 16.0 Å². The van der Waals surface area contributed by atoms with Crippen molar-refractivity contribution in [1.29, 1.82) is 0 Å². The van der Waals surface area contributed by atoms with E-state index in [2.05, 4.69) is 31.3 Å². The van der Waals surface area contributed by atoms with Crippen molar-refractivity contribution >= 4 is 17.5 Å². The highest BCUT2D eigenvalue weighted by Gasteiger charge is 2.23. The third-order valence-electron chi connectivity index (χ3n) is 5.13. The normalized spacial score (nSPS) is 14.2. The molecule has 0 aromatic heterocycles. The number of nitrogens with zero attached hydrogens (tertiary/aromatic N) is 1. The quantitative estimate of drug-likeness (QED) is 0.855. The van der Waals surface area contributed by atoms with Crippen molar-refractivity contribution in [2.24, 2.45) is 5.73 Å². The number of rotatable bonds is 5. The number of benzene rings is 2. The number of hydrogen-bond donors (Lipinski definition) is 2. The Labute approximate surface area is 160 Å². The van der Waals surface area contributed by atoms with Gasteiger partial charge in [0.1, 0.15) is 0 Å².